The molecule has 2 aromatic heterocycles. The molecule has 0 radical (unpaired) electrons. The first kappa shape index (κ1) is 48.0. The van der Waals surface area contributed by atoms with Crippen LogP contribution >= 0.6 is 23.2 Å². The molecule has 2 heterocycles. The second-order valence-electron chi connectivity index (χ2n) is 14.4. The van der Waals surface area contributed by atoms with Gasteiger partial charge in [-0.25, -0.2) is 31.2 Å². The van der Waals surface area contributed by atoms with E-state index in [-0.39, 0.29) is 49.3 Å². The van der Waals surface area contributed by atoms with Crippen LogP contribution in [0.1, 0.15) is 63.5 Å². The summed E-state index contributed by atoms with van der Waals surface area (Å²) in [6, 6.07) is 17.4. The number of hydrogen-bond donors (Lipinski definition) is 3. The highest BCUT2D eigenvalue weighted by atomic mass is 35.5. The Morgan fingerprint density at radius 2 is 1.32 bits per heavy atom. The third-order valence-corrected chi connectivity index (χ3v) is 12.3. The molecule has 4 aromatic carbocycles. The summed E-state index contributed by atoms with van der Waals surface area (Å²) in [5.41, 5.74) is 7.72. The second-order valence-corrected chi connectivity index (χ2v) is 19.3. The van der Waals surface area contributed by atoms with Gasteiger partial charge in [0, 0.05) is 48.3 Å². The summed E-state index contributed by atoms with van der Waals surface area (Å²) < 4.78 is 124. The highest BCUT2D eigenvalue weighted by molar-refractivity contribution is 7.91. The van der Waals surface area contributed by atoms with Crippen molar-refractivity contribution in [1.29, 1.82) is 0 Å². The van der Waals surface area contributed by atoms with Crippen molar-refractivity contribution in [2.75, 3.05) is 34.2 Å². The van der Waals surface area contributed by atoms with Gasteiger partial charge in [0.1, 0.15) is 22.9 Å². The highest BCUT2D eigenvalue weighted by Crippen LogP contribution is 2.43. The van der Waals surface area contributed by atoms with Crippen molar-refractivity contribution in [3.05, 3.63) is 147 Å². The average molecular weight is 976 g/mol. The largest absolute Gasteiger partial charge is 0.482 e. The van der Waals surface area contributed by atoms with Crippen LogP contribution in [0, 0.1) is 5.82 Å². The van der Waals surface area contributed by atoms with Crippen molar-refractivity contribution >= 4 is 83.4 Å². The molecule has 22 heteroatoms. The maximum absolute atomic E-state index is 16.5. The van der Waals surface area contributed by atoms with Crippen LogP contribution in [0.2, 0.25) is 10.0 Å². The summed E-state index contributed by atoms with van der Waals surface area (Å²) in [5.74, 6) is -3.59. The van der Waals surface area contributed by atoms with Crippen LogP contribution in [0.15, 0.2) is 113 Å². The number of sulfone groups is 2. The van der Waals surface area contributed by atoms with E-state index in [0.717, 1.165) is 35.4 Å². The van der Waals surface area contributed by atoms with Gasteiger partial charge in [0.25, 0.3) is 11.8 Å². The van der Waals surface area contributed by atoms with Crippen LogP contribution in [-0.2, 0) is 25.9 Å². The van der Waals surface area contributed by atoms with Gasteiger partial charge in [-0.2, -0.15) is 13.2 Å². The number of carbonyl (C=O) groups excluding carboxylic acids is 2. The summed E-state index contributed by atoms with van der Waals surface area (Å²) in [4.78, 5) is 36.0. The number of nitrogen functional groups attached to an aromatic ring is 2. The van der Waals surface area contributed by atoms with Crippen molar-refractivity contribution in [2.45, 2.75) is 42.0 Å². The molecule has 0 bridgehead atoms. The zero-order valence-corrected chi connectivity index (χ0v) is 37.5. The summed E-state index contributed by atoms with van der Waals surface area (Å²) in [6.45, 7) is 3.16. The van der Waals surface area contributed by atoms with E-state index < -0.39 is 88.7 Å². The van der Waals surface area contributed by atoms with Crippen LogP contribution in [0.4, 0.5) is 46.3 Å². The first-order valence-corrected chi connectivity index (χ1v) is 23.3. The monoisotopic (exact) mass is 974 g/mol. The number of anilines is 5. The van der Waals surface area contributed by atoms with Gasteiger partial charge in [0.15, 0.2) is 42.8 Å². The Morgan fingerprint density at radius 3 is 1.88 bits per heavy atom. The van der Waals surface area contributed by atoms with Gasteiger partial charge in [0.2, 0.25) is 0 Å². The molecule has 0 unspecified atom stereocenters. The Labute approximate surface area is 379 Å². The molecular weight excluding hydrogens is 940 g/mol. The van der Waals surface area contributed by atoms with Crippen LogP contribution in [0.5, 0.6) is 11.5 Å². The zero-order chi connectivity index (χ0) is 47.8. The Balaban J connectivity index is 1.58. The fourth-order valence-corrected chi connectivity index (χ4v) is 8.55. The molecular formula is C43H36Cl2F4N6O8S2. The number of amides is 2. The molecule has 340 valence electrons. The maximum Gasteiger partial charge on any atom is 0.417 e. The van der Waals surface area contributed by atoms with Crippen molar-refractivity contribution < 1.29 is 53.5 Å². The van der Waals surface area contributed by atoms with Crippen LogP contribution < -0.4 is 31.2 Å². The molecule has 0 aliphatic carbocycles. The molecule has 6 rings (SSSR count). The number of alkyl halides is 3. The van der Waals surface area contributed by atoms with Crippen molar-refractivity contribution in [3.63, 3.8) is 0 Å². The number of ether oxygens (including phenoxy) is 2. The molecule has 6 aromatic rings. The second kappa shape index (κ2) is 18.6. The lowest BCUT2D eigenvalue weighted by atomic mass is 10.0. The fourth-order valence-electron chi connectivity index (χ4n) is 6.47. The van der Waals surface area contributed by atoms with E-state index in [1.54, 1.807) is 19.9 Å². The lowest BCUT2D eigenvalue weighted by Crippen LogP contribution is -2.30. The Hall–Kier alpha value is -6.48. The number of rotatable bonds is 13. The predicted octanol–water partition coefficient (Wildman–Crippen LogP) is 9.42. The van der Waals surface area contributed by atoms with Crippen LogP contribution in [-0.4, -0.2) is 51.1 Å². The highest BCUT2D eigenvalue weighted by Gasteiger charge is 2.40. The van der Waals surface area contributed by atoms with Crippen molar-refractivity contribution in [2.24, 2.45) is 0 Å². The topological polar surface area (TPSA) is 214 Å². The number of nitrogens with one attached hydrogen (secondary N) is 1. The number of nitrogens with two attached hydrogens (primary N) is 2. The molecule has 2 amide bonds. The standard InChI is InChI=1S/C43H36Cl2F4N6O8S2/c1-22(62-35-18-27(44)20-52-39(35)50)24-7-5-9-29(15-24)55(34-17-25(11-14-33(34)46)23(2)63-36-19-28(45)21-53-40(36)51)42(57)31-12-13-32(43(47,48)49)38(65(4,60)61)37(31)54-41(56)26-8-6-10-30(16-26)64(3,58)59/h5-23H,1-4H3,(H2,50,52)(H2,51,53)(H,54,56)/t22-,23-/m1/s1. The number of benzene rings is 4. The first-order valence-electron chi connectivity index (χ1n) is 18.8. The molecule has 0 spiro atoms. The maximum atomic E-state index is 16.5. The van der Waals surface area contributed by atoms with Gasteiger partial charge in [-0.1, -0.05) is 47.5 Å². The average Bonchev–Trinajstić information content (AvgIpc) is 3.23. The van der Waals surface area contributed by atoms with Gasteiger partial charge >= 0.3 is 6.18 Å². The van der Waals surface area contributed by atoms with E-state index in [4.69, 9.17) is 44.1 Å². The lowest BCUT2D eigenvalue weighted by Gasteiger charge is -2.28. The Morgan fingerprint density at radius 1 is 0.754 bits per heavy atom. The third kappa shape index (κ3) is 10.9. The third-order valence-electron chi connectivity index (χ3n) is 9.61. The summed E-state index contributed by atoms with van der Waals surface area (Å²) >= 11 is 12.2. The lowest BCUT2D eigenvalue weighted by molar-refractivity contribution is -0.139. The van der Waals surface area contributed by atoms with E-state index >= 15 is 9.18 Å². The van der Waals surface area contributed by atoms with Gasteiger partial charge in [-0.3, -0.25) is 14.5 Å². The van der Waals surface area contributed by atoms with E-state index in [0.29, 0.717) is 24.0 Å². The molecule has 0 saturated heterocycles. The number of nitrogens with zero attached hydrogens (tertiary/aromatic N) is 3. The van der Waals surface area contributed by atoms with Gasteiger partial charge in [0.05, 0.1) is 37.4 Å². The van der Waals surface area contributed by atoms with E-state index in [2.05, 4.69) is 15.3 Å². The smallest absolute Gasteiger partial charge is 0.417 e. The molecule has 5 N–H and O–H groups in total. The summed E-state index contributed by atoms with van der Waals surface area (Å²) in [6.07, 6.45) is -3.32. The minimum Gasteiger partial charge on any atom is -0.482 e. The Bertz CT molecular complexity index is 3090. The fraction of sp³-hybridized carbons (Fsp3) is 0.163. The molecule has 0 saturated carbocycles. The van der Waals surface area contributed by atoms with E-state index in [9.17, 15) is 34.8 Å². The molecule has 0 fully saturated rings. The van der Waals surface area contributed by atoms with Crippen LogP contribution in [0.3, 0.4) is 0 Å². The number of pyridine rings is 2. The normalized spacial score (nSPS) is 12.8. The van der Waals surface area contributed by atoms with Crippen LogP contribution in [0.25, 0.3) is 0 Å². The quantitative estimate of drug-likeness (QED) is 0.0924. The summed E-state index contributed by atoms with van der Waals surface area (Å²) in [7, 11) is -8.91. The molecule has 0 aliphatic heterocycles. The minimum atomic E-state index is -5.36. The number of halogens is 6. The Kier molecular flexibility index (Phi) is 13.7. The van der Waals surface area contributed by atoms with Gasteiger partial charge in [-0.15, -0.1) is 0 Å². The van der Waals surface area contributed by atoms with Crippen molar-refractivity contribution in [3.8, 4) is 11.5 Å². The SMILES string of the molecule is C[C@@H](Oc1cc(Cl)cnc1N)c1cccc(N(C(=O)c2ccc(C(F)(F)F)c(S(C)(=O)=O)c2NC(=O)c2cccc(S(C)(=O)=O)c2)c2cc([C@@H](C)Oc3cc(Cl)cnc3N)ccc2F)c1. The predicted molar refractivity (Wildman–Crippen MR) is 237 cm³/mol. The molecule has 14 nitrogen and oxygen atoms in total. The molecule has 2 atom stereocenters. The van der Waals surface area contributed by atoms with Gasteiger partial charge in [-0.05, 0) is 79.6 Å². The minimum absolute atomic E-state index is 0.0126. The van der Waals surface area contributed by atoms with Gasteiger partial charge < -0.3 is 26.3 Å². The zero-order valence-electron chi connectivity index (χ0n) is 34.3. The summed E-state index contributed by atoms with van der Waals surface area (Å²) in [5, 5.41) is 2.51. The number of hydrogen-bond acceptors (Lipinski definition) is 12. The number of aromatic nitrogens is 2. The molecule has 65 heavy (non-hydrogen) atoms. The van der Waals surface area contributed by atoms with Crippen molar-refractivity contribution in [1.82, 2.24) is 9.97 Å². The van der Waals surface area contributed by atoms with E-state index in [1.165, 1.54) is 60.9 Å². The van der Waals surface area contributed by atoms with E-state index in [1.807, 2.05) is 0 Å². The first-order chi connectivity index (χ1) is 30.3. The molecule has 0 aliphatic rings. The number of carbonyl (C=O) groups is 2.